The number of quaternary nitrogens is 1. The lowest BCUT2D eigenvalue weighted by atomic mass is 10.0. The van der Waals surface area contributed by atoms with Crippen LogP contribution in [0.15, 0.2) is 36.5 Å². The van der Waals surface area contributed by atoms with Crippen molar-refractivity contribution in [2.45, 2.75) is 180 Å². The van der Waals surface area contributed by atoms with E-state index in [1.54, 1.807) is 0 Å². The molecule has 0 fully saturated rings. The predicted molar refractivity (Wildman–Crippen MR) is 211 cm³/mol. The number of carboxylic acid groups (broad SMARTS) is 1. The zero-order valence-corrected chi connectivity index (χ0v) is 33.6. The zero-order chi connectivity index (χ0) is 37.8. The second-order valence-corrected chi connectivity index (χ2v) is 14.9. The molecule has 8 nitrogen and oxygen atoms in total. The lowest BCUT2D eigenvalue weighted by molar-refractivity contribution is -0.887. The minimum Gasteiger partial charge on any atom is -0.477 e. The highest BCUT2D eigenvalue weighted by Gasteiger charge is 2.31. The Balaban J connectivity index is 4.38. The van der Waals surface area contributed by atoms with Crippen molar-refractivity contribution >= 4 is 17.9 Å². The Morgan fingerprint density at radius 2 is 1.10 bits per heavy atom. The summed E-state index contributed by atoms with van der Waals surface area (Å²) in [5.41, 5.74) is 0. The van der Waals surface area contributed by atoms with E-state index >= 15 is 0 Å². The van der Waals surface area contributed by atoms with Crippen molar-refractivity contribution in [3.63, 3.8) is 0 Å². The van der Waals surface area contributed by atoms with Gasteiger partial charge in [-0.05, 0) is 32.1 Å². The molecule has 0 aromatic rings. The van der Waals surface area contributed by atoms with Gasteiger partial charge in [-0.2, -0.15) is 0 Å². The Labute approximate surface area is 313 Å². The van der Waals surface area contributed by atoms with Crippen LogP contribution in [0.2, 0.25) is 0 Å². The van der Waals surface area contributed by atoms with Gasteiger partial charge in [0.25, 0.3) is 0 Å². The Morgan fingerprint density at radius 3 is 1.61 bits per heavy atom. The van der Waals surface area contributed by atoms with E-state index < -0.39 is 18.1 Å². The van der Waals surface area contributed by atoms with Crippen molar-refractivity contribution in [1.82, 2.24) is 0 Å². The molecule has 0 bridgehead atoms. The van der Waals surface area contributed by atoms with Crippen LogP contribution in [0.4, 0.5) is 0 Å². The average molecular weight is 721 g/mol. The third kappa shape index (κ3) is 33.2. The number of ether oxygens (including phenoxy) is 3. The number of carbonyl (C=O) groups is 3. The van der Waals surface area contributed by atoms with Gasteiger partial charge in [-0.1, -0.05) is 153 Å². The van der Waals surface area contributed by atoms with E-state index in [0.717, 1.165) is 51.4 Å². The fourth-order valence-corrected chi connectivity index (χ4v) is 5.91. The van der Waals surface area contributed by atoms with Crippen LogP contribution in [0.1, 0.15) is 168 Å². The summed E-state index contributed by atoms with van der Waals surface area (Å²) < 4.78 is 17.2. The number of hydrogen-bond donors (Lipinski definition) is 1. The Morgan fingerprint density at radius 1 is 0.608 bits per heavy atom. The van der Waals surface area contributed by atoms with Crippen molar-refractivity contribution in [3.05, 3.63) is 36.5 Å². The molecule has 8 heteroatoms. The number of unbranched alkanes of at least 4 members (excludes halogenated alkanes) is 18. The fourth-order valence-electron chi connectivity index (χ4n) is 5.91. The highest BCUT2D eigenvalue weighted by molar-refractivity contribution is 5.72. The molecule has 0 aromatic carbocycles. The number of rotatable bonds is 36. The SMILES string of the molecule is CC/C=C/C=C/C=C/CCCCCCCCCC(=O)OCC(COCCC(C(=O)O)[N+](C)(C)C)OC(=O)CCCCCCCCCCCCCC. The topological polar surface area (TPSA) is 99.1 Å². The number of allylic oxidation sites excluding steroid dienone is 6. The van der Waals surface area contributed by atoms with Crippen LogP contribution in [0.25, 0.3) is 0 Å². The maximum Gasteiger partial charge on any atom is 0.362 e. The quantitative estimate of drug-likeness (QED) is 0.0298. The molecule has 1 N–H and O–H groups in total. The third-order valence-corrected chi connectivity index (χ3v) is 9.12. The molecule has 0 amide bonds. The Bertz CT molecular complexity index is 937. The summed E-state index contributed by atoms with van der Waals surface area (Å²) >= 11 is 0. The molecule has 0 rings (SSSR count). The molecule has 0 spiro atoms. The molecule has 0 radical (unpaired) electrons. The van der Waals surface area contributed by atoms with Gasteiger partial charge < -0.3 is 23.8 Å². The first-order valence-electron chi connectivity index (χ1n) is 20.6. The van der Waals surface area contributed by atoms with Gasteiger partial charge in [0.05, 0.1) is 34.4 Å². The normalized spacial score (nSPS) is 13.4. The van der Waals surface area contributed by atoms with E-state index in [9.17, 15) is 19.5 Å². The molecule has 0 saturated heterocycles. The molecule has 296 valence electrons. The summed E-state index contributed by atoms with van der Waals surface area (Å²) in [6.07, 6.45) is 37.5. The number of nitrogens with zero attached hydrogens (tertiary/aromatic N) is 1. The second kappa shape index (κ2) is 34.6. The molecule has 2 atom stereocenters. The number of aliphatic carboxylic acids is 1. The van der Waals surface area contributed by atoms with Crippen molar-refractivity contribution in [2.75, 3.05) is 41.0 Å². The van der Waals surface area contributed by atoms with Crippen molar-refractivity contribution in [1.29, 1.82) is 0 Å². The van der Waals surface area contributed by atoms with Crippen LogP contribution < -0.4 is 0 Å². The maximum absolute atomic E-state index is 12.7. The first-order chi connectivity index (χ1) is 24.6. The van der Waals surface area contributed by atoms with Gasteiger partial charge in [0.2, 0.25) is 0 Å². The highest BCUT2D eigenvalue weighted by atomic mass is 16.6. The molecule has 0 heterocycles. The summed E-state index contributed by atoms with van der Waals surface area (Å²) in [5, 5.41) is 9.59. The van der Waals surface area contributed by atoms with E-state index in [2.05, 4.69) is 50.3 Å². The Hall–Kier alpha value is -2.45. The minimum atomic E-state index is -0.877. The van der Waals surface area contributed by atoms with Crippen molar-refractivity contribution in [3.8, 4) is 0 Å². The first kappa shape index (κ1) is 48.5. The molecule has 51 heavy (non-hydrogen) atoms. The van der Waals surface area contributed by atoms with E-state index in [1.165, 1.54) is 83.5 Å². The number of esters is 2. The largest absolute Gasteiger partial charge is 0.477 e. The van der Waals surface area contributed by atoms with E-state index in [1.807, 2.05) is 21.1 Å². The molecule has 0 saturated carbocycles. The van der Waals surface area contributed by atoms with Crippen molar-refractivity contribution in [2.24, 2.45) is 0 Å². The minimum absolute atomic E-state index is 0.0552. The monoisotopic (exact) mass is 721 g/mol. The third-order valence-electron chi connectivity index (χ3n) is 9.12. The standard InChI is InChI=1S/C43H77NO7/c1-6-8-10-12-14-16-18-20-21-22-24-25-27-29-31-33-41(45)50-38-39(37-49-36-35-40(43(47)48)44(3,4)5)51-42(46)34-32-30-28-26-23-19-17-15-13-11-9-7-2/h8,10,12,14,16,18,39-40H,6-7,9,11,13,15,17,19-38H2,1-5H3/p+1/b10-8+,14-12+,18-16+. The second-order valence-electron chi connectivity index (χ2n) is 14.9. The molecule has 0 aliphatic rings. The van der Waals surface area contributed by atoms with Gasteiger partial charge in [-0.3, -0.25) is 9.59 Å². The summed E-state index contributed by atoms with van der Waals surface area (Å²) in [5.74, 6) is -1.48. The lowest BCUT2D eigenvalue weighted by Gasteiger charge is -2.31. The van der Waals surface area contributed by atoms with E-state index in [4.69, 9.17) is 14.2 Å². The number of hydrogen-bond acceptors (Lipinski definition) is 6. The lowest BCUT2D eigenvalue weighted by Crippen LogP contribution is -2.50. The molecule has 0 aromatic heterocycles. The predicted octanol–water partition coefficient (Wildman–Crippen LogP) is 10.7. The van der Waals surface area contributed by atoms with Gasteiger partial charge in [0, 0.05) is 19.3 Å². The number of likely N-dealkylation sites (N-methyl/N-ethyl adjacent to an activating group) is 1. The van der Waals surface area contributed by atoms with E-state index in [-0.39, 0.29) is 36.2 Å². The maximum atomic E-state index is 12.7. The molecular weight excluding hydrogens is 642 g/mol. The van der Waals surface area contributed by atoms with Crippen LogP contribution in [0.3, 0.4) is 0 Å². The summed E-state index contributed by atoms with van der Waals surface area (Å²) in [6, 6.07) is -0.614. The smallest absolute Gasteiger partial charge is 0.362 e. The number of carboxylic acids is 1. The van der Waals surface area contributed by atoms with Crippen LogP contribution >= 0.6 is 0 Å². The van der Waals surface area contributed by atoms with Gasteiger partial charge in [-0.25, -0.2) is 4.79 Å². The van der Waals surface area contributed by atoms with Crippen molar-refractivity contribution < 1.29 is 38.2 Å². The van der Waals surface area contributed by atoms with Gasteiger partial charge >= 0.3 is 17.9 Å². The zero-order valence-electron chi connectivity index (χ0n) is 33.6. The summed E-state index contributed by atoms with van der Waals surface area (Å²) in [7, 11) is 5.52. The van der Waals surface area contributed by atoms with Crippen LogP contribution in [0, 0.1) is 0 Å². The van der Waals surface area contributed by atoms with Crippen LogP contribution in [0.5, 0.6) is 0 Å². The highest BCUT2D eigenvalue weighted by Crippen LogP contribution is 2.14. The first-order valence-corrected chi connectivity index (χ1v) is 20.6. The Kier molecular flexibility index (Phi) is 33.0. The average Bonchev–Trinajstić information content (AvgIpc) is 3.08. The molecule has 0 aliphatic heterocycles. The van der Waals surface area contributed by atoms with Gasteiger partial charge in [0.1, 0.15) is 6.61 Å². The molecular formula is C43H78NO7+. The van der Waals surface area contributed by atoms with E-state index in [0.29, 0.717) is 19.3 Å². The number of carbonyl (C=O) groups excluding carboxylic acids is 2. The molecule has 2 unspecified atom stereocenters. The summed E-state index contributed by atoms with van der Waals surface area (Å²) in [6.45, 7) is 4.59. The van der Waals surface area contributed by atoms with Crippen LogP contribution in [-0.4, -0.2) is 80.6 Å². The summed E-state index contributed by atoms with van der Waals surface area (Å²) in [4.78, 5) is 36.8. The van der Waals surface area contributed by atoms with Crippen LogP contribution in [-0.2, 0) is 28.6 Å². The van der Waals surface area contributed by atoms with Gasteiger partial charge in [-0.15, -0.1) is 0 Å². The molecule has 0 aliphatic carbocycles. The fraction of sp³-hybridized carbons (Fsp3) is 0.791. The van der Waals surface area contributed by atoms with Gasteiger partial charge in [0.15, 0.2) is 12.1 Å².